The van der Waals surface area contributed by atoms with Crippen molar-refractivity contribution in [2.45, 2.75) is 25.3 Å². The molecule has 2 nitrogen and oxygen atoms in total. The first-order chi connectivity index (χ1) is 8.24. The van der Waals surface area contributed by atoms with E-state index in [1.165, 1.54) is 6.07 Å². The van der Waals surface area contributed by atoms with Crippen molar-refractivity contribution in [2.75, 3.05) is 13.2 Å². The van der Waals surface area contributed by atoms with Gasteiger partial charge in [0.15, 0.2) is 0 Å². The molecule has 4 heteroatoms. The molecule has 17 heavy (non-hydrogen) atoms. The SMILES string of the molecule is Fc1cc(F)c2c(c1)CC(N1CC=NC1)CC2. The van der Waals surface area contributed by atoms with Gasteiger partial charge in [0.1, 0.15) is 11.6 Å². The number of benzene rings is 1. The van der Waals surface area contributed by atoms with E-state index in [2.05, 4.69) is 9.89 Å². The molecule has 2 aliphatic rings. The maximum Gasteiger partial charge on any atom is 0.129 e. The average Bonchev–Trinajstić information content (AvgIpc) is 2.81. The third-order valence-electron chi connectivity index (χ3n) is 3.66. The van der Waals surface area contributed by atoms with Gasteiger partial charge in [-0.05, 0) is 36.5 Å². The Labute approximate surface area is 99.0 Å². The van der Waals surface area contributed by atoms with Crippen LogP contribution in [0, 0.1) is 11.6 Å². The second kappa shape index (κ2) is 4.18. The zero-order valence-corrected chi connectivity index (χ0v) is 9.50. The second-order valence-electron chi connectivity index (χ2n) is 4.70. The molecule has 0 saturated carbocycles. The summed E-state index contributed by atoms with van der Waals surface area (Å²) in [4.78, 5) is 6.44. The summed E-state index contributed by atoms with van der Waals surface area (Å²) >= 11 is 0. The van der Waals surface area contributed by atoms with Crippen molar-refractivity contribution in [1.29, 1.82) is 0 Å². The third-order valence-corrected chi connectivity index (χ3v) is 3.66. The second-order valence-corrected chi connectivity index (χ2v) is 4.70. The summed E-state index contributed by atoms with van der Waals surface area (Å²) in [6.07, 6.45) is 4.26. The molecule has 0 radical (unpaired) electrons. The molecule has 1 aromatic carbocycles. The summed E-state index contributed by atoms with van der Waals surface area (Å²) in [6, 6.07) is 2.82. The van der Waals surface area contributed by atoms with Gasteiger partial charge < -0.3 is 0 Å². The van der Waals surface area contributed by atoms with Crippen LogP contribution in [-0.4, -0.2) is 30.4 Å². The number of hydrogen-bond acceptors (Lipinski definition) is 2. The van der Waals surface area contributed by atoms with Gasteiger partial charge in [-0.2, -0.15) is 0 Å². The van der Waals surface area contributed by atoms with Crippen LogP contribution in [0.2, 0.25) is 0 Å². The van der Waals surface area contributed by atoms with Crippen molar-refractivity contribution in [3.63, 3.8) is 0 Å². The molecule has 90 valence electrons. The zero-order valence-electron chi connectivity index (χ0n) is 9.50. The van der Waals surface area contributed by atoms with Gasteiger partial charge in [0.05, 0.1) is 6.67 Å². The molecule has 0 N–H and O–H groups in total. The topological polar surface area (TPSA) is 15.6 Å². The van der Waals surface area contributed by atoms with Crippen LogP contribution < -0.4 is 0 Å². The maximum absolute atomic E-state index is 13.6. The van der Waals surface area contributed by atoms with E-state index >= 15 is 0 Å². The predicted molar refractivity (Wildman–Crippen MR) is 62.2 cm³/mol. The molecule has 0 fully saturated rings. The summed E-state index contributed by atoms with van der Waals surface area (Å²) in [7, 11) is 0. The highest BCUT2D eigenvalue weighted by Crippen LogP contribution is 2.27. The first kappa shape index (κ1) is 10.8. The molecular formula is C13H14F2N2. The number of rotatable bonds is 1. The fourth-order valence-electron chi connectivity index (χ4n) is 2.74. The number of aliphatic imine (C=N–C) groups is 1. The summed E-state index contributed by atoms with van der Waals surface area (Å²) in [5.74, 6) is -0.865. The van der Waals surface area contributed by atoms with Gasteiger partial charge in [0.25, 0.3) is 0 Å². The molecule has 1 heterocycles. The number of fused-ring (bicyclic) bond motifs is 1. The third kappa shape index (κ3) is 1.97. The van der Waals surface area contributed by atoms with E-state index in [0.29, 0.717) is 18.0 Å². The van der Waals surface area contributed by atoms with Crippen molar-refractivity contribution in [1.82, 2.24) is 4.90 Å². The molecule has 1 aliphatic carbocycles. The normalized spacial score (nSPS) is 24.0. The first-order valence-corrected chi connectivity index (χ1v) is 5.93. The molecule has 0 saturated heterocycles. The Bertz CT molecular complexity index is 463. The lowest BCUT2D eigenvalue weighted by atomic mass is 9.87. The van der Waals surface area contributed by atoms with E-state index in [9.17, 15) is 8.78 Å². The lowest BCUT2D eigenvalue weighted by Crippen LogP contribution is -2.38. The van der Waals surface area contributed by atoms with Gasteiger partial charge in [0.2, 0.25) is 0 Å². The van der Waals surface area contributed by atoms with E-state index < -0.39 is 11.6 Å². The lowest BCUT2D eigenvalue weighted by Gasteiger charge is -2.31. The smallest absolute Gasteiger partial charge is 0.129 e. The minimum absolute atomic E-state index is 0.367. The molecule has 0 aromatic heterocycles. The van der Waals surface area contributed by atoms with Crippen LogP contribution >= 0.6 is 0 Å². The zero-order chi connectivity index (χ0) is 11.8. The summed E-state index contributed by atoms with van der Waals surface area (Å²) in [5.41, 5.74) is 1.52. The molecule has 0 bridgehead atoms. The van der Waals surface area contributed by atoms with Crippen LogP contribution in [-0.2, 0) is 12.8 Å². The van der Waals surface area contributed by atoms with Crippen LogP contribution in [0.25, 0.3) is 0 Å². The van der Waals surface area contributed by atoms with E-state index in [4.69, 9.17) is 0 Å². The van der Waals surface area contributed by atoms with Crippen LogP contribution in [0.4, 0.5) is 8.78 Å². The predicted octanol–water partition coefficient (Wildman–Crippen LogP) is 2.17. The lowest BCUT2D eigenvalue weighted by molar-refractivity contribution is 0.224. The van der Waals surface area contributed by atoms with E-state index in [-0.39, 0.29) is 0 Å². The van der Waals surface area contributed by atoms with Crippen molar-refractivity contribution in [2.24, 2.45) is 4.99 Å². The van der Waals surface area contributed by atoms with E-state index in [0.717, 1.165) is 37.7 Å². The van der Waals surface area contributed by atoms with Crippen LogP contribution in [0.5, 0.6) is 0 Å². The van der Waals surface area contributed by atoms with Gasteiger partial charge in [-0.15, -0.1) is 0 Å². The fourth-order valence-corrected chi connectivity index (χ4v) is 2.74. The Morgan fingerprint density at radius 1 is 1.29 bits per heavy atom. The quantitative estimate of drug-likeness (QED) is 0.729. The van der Waals surface area contributed by atoms with Gasteiger partial charge in [-0.3, -0.25) is 9.89 Å². The highest BCUT2D eigenvalue weighted by Gasteiger charge is 2.27. The summed E-state index contributed by atoms with van der Waals surface area (Å²) < 4.78 is 26.7. The minimum atomic E-state index is -0.473. The van der Waals surface area contributed by atoms with Gasteiger partial charge in [0, 0.05) is 24.9 Å². The van der Waals surface area contributed by atoms with Crippen LogP contribution in [0.3, 0.4) is 0 Å². The van der Waals surface area contributed by atoms with Gasteiger partial charge in [-0.25, -0.2) is 8.78 Å². The largest absolute Gasteiger partial charge is 0.281 e. The molecule has 0 amide bonds. The van der Waals surface area contributed by atoms with Gasteiger partial charge in [-0.1, -0.05) is 0 Å². The van der Waals surface area contributed by atoms with Crippen LogP contribution in [0.1, 0.15) is 17.5 Å². The Hall–Kier alpha value is -1.29. The van der Waals surface area contributed by atoms with Crippen molar-refractivity contribution in [3.8, 4) is 0 Å². The molecule has 0 spiro atoms. The molecule has 1 aromatic rings. The Morgan fingerprint density at radius 3 is 2.94 bits per heavy atom. The Kier molecular flexibility index (Phi) is 2.67. The number of hydrogen-bond donors (Lipinski definition) is 0. The highest BCUT2D eigenvalue weighted by atomic mass is 19.1. The van der Waals surface area contributed by atoms with E-state index in [1.54, 1.807) is 0 Å². The monoisotopic (exact) mass is 236 g/mol. The van der Waals surface area contributed by atoms with E-state index in [1.807, 2.05) is 6.21 Å². The standard InChI is InChI=1S/C13H14F2N2/c14-10-5-9-6-11(17-4-3-16-8-17)1-2-12(9)13(15)7-10/h3,5,7,11H,1-2,4,6,8H2. The first-order valence-electron chi connectivity index (χ1n) is 5.93. The average molecular weight is 236 g/mol. The molecule has 1 aliphatic heterocycles. The molecule has 1 atom stereocenters. The fraction of sp³-hybridized carbons (Fsp3) is 0.462. The molecule has 1 unspecified atom stereocenters. The summed E-state index contributed by atoms with van der Waals surface area (Å²) in [5, 5.41) is 0. The maximum atomic E-state index is 13.6. The highest BCUT2D eigenvalue weighted by molar-refractivity contribution is 5.61. The molecular weight excluding hydrogens is 222 g/mol. The minimum Gasteiger partial charge on any atom is -0.281 e. The Balaban J connectivity index is 1.84. The Morgan fingerprint density at radius 2 is 2.18 bits per heavy atom. The molecule has 3 rings (SSSR count). The van der Waals surface area contributed by atoms with Crippen LogP contribution in [0.15, 0.2) is 17.1 Å². The van der Waals surface area contributed by atoms with Gasteiger partial charge >= 0.3 is 0 Å². The van der Waals surface area contributed by atoms with Crippen molar-refractivity contribution >= 4 is 6.21 Å². The van der Waals surface area contributed by atoms with Crippen molar-refractivity contribution in [3.05, 3.63) is 34.9 Å². The summed E-state index contributed by atoms with van der Waals surface area (Å²) in [6.45, 7) is 1.58. The number of nitrogens with zero attached hydrogens (tertiary/aromatic N) is 2. The number of halogens is 2. The van der Waals surface area contributed by atoms with Crippen molar-refractivity contribution < 1.29 is 8.78 Å².